The average Bonchev–Trinajstić information content (AvgIpc) is 3.39. The lowest BCUT2D eigenvalue weighted by molar-refractivity contribution is 0.0741. The van der Waals surface area contributed by atoms with Crippen LogP contribution in [0.25, 0.3) is 11.0 Å². The highest BCUT2D eigenvalue weighted by molar-refractivity contribution is 7.80. The minimum atomic E-state index is 0.00520. The van der Waals surface area contributed by atoms with Crippen LogP contribution < -0.4 is 11.5 Å². The van der Waals surface area contributed by atoms with Gasteiger partial charge in [-0.25, -0.2) is 4.98 Å². The Balaban J connectivity index is 1.45. The molecule has 0 radical (unpaired) electrons. The SMILES string of the molecule is CCCCN(Cc1ccc(CN)cc1)C(=O)c1ccc2c(c1)nc(CCc1ccc(C(=N)N)cc1)n2Cc1ccccc1S. The van der Waals surface area contributed by atoms with E-state index in [1.165, 1.54) is 0 Å². The van der Waals surface area contributed by atoms with Gasteiger partial charge in [0.25, 0.3) is 5.91 Å². The molecule has 1 amide bonds. The highest BCUT2D eigenvalue weighted by Gasteiger charge is 2.19. The van der Waals surface area contributed by atoms with Gasteiger partial charge >= 0.3 is 0 Å². The first-order valence-corrected chi connectivity index (χ1v) is 15.6. The quantitative estimate of drug-likeness (QED) is 0.0713. The van der Waals surface area contributed by atoms with Crippen LogP contribution in [0.2, 0.25) is 0 Å². The number of benzene rings is 4. The lowest BCUT2D eigenvalue weighted by atomic mass is 10.1. The minimum Gasteiger partial charge on any atom is -0.384 e. The Labute approximate surface area is 264 Å². The van der Waals surface area contributed by atoms with Crippen LogP contribution in [0.5, 0.6) is 0 Å². The Kier molecular flexibility index (Phi) is 10.1. The standard InChI is InChI=1S/C36H40N6OS/c1-2-3-20-41(23-27-10-8-26(22-37)9-11-27)36(43)29-17-18-32-31(21-29)40-34(42(32)24-30-6-4-5-7-33(30)44)19-14-25-12-15-28(16-13-25)35(38)39/h4-13,15-18,21,44H,2-3,14,19-20,22-24,37H2,1H3,(H3,38,39). The predicted molar refractivity (Wildman–Crippen MR) is 181 cm³/mol. The number of aromatic nitrogens is 2. The number of rotatable bonds is 13. The van der Waals surface area contributed by atoms with E-state index >= 15 is 0 Å². The maximum Gasteiger partial charge on any atom is 0.254 e. The van der Waals surface area contributed by atoms with Crippen molar-refractivity contribution in [2.24, 2.45) is 11.5 Å². The highest BCUT2D eigenvalue weighted by Crippen LogP contribution is 2.24. The van der Waals surface area contributed by atoms with Gasteiger partial charge in [-0.2, -0.15) is 0 Å². The van der Waals surface area contributed by atoms with Crippen LogP contribution >= 0.6 is 12.6 Å². The minimum absolute atomic E-state index is 0.00520. The van der Waals surface area contributed by atoms with E-state index in [4.69, 9.17) is 34.5 Å². The van der Waals surface area contributed by atoms with E-state index in [0.29, 0.717) is 43.7 Å². The van der Waals surface area contributed by atoms with Gasteiger partial charge in [0.2, 0.25) is 0 Å². The first-order valence-electron chi connectivity index (χ1n) is 15.1. The normalized spacial score (nSPS) is 11.2. The molecule has 0 unspecified atom stereocenters. The van der Waals surface area contributed by atoms with Crippen molar-refractivity contribution in [2.75, 3.05) is 6.54 Å². The van der Waals surface area contributed by atoms with Crippen LogP contribution in [0.15, 0.2) is 95.9 Å². The molecule has 0 saturated carbocycles. The summed E-state index contributed by atoms with van der Waals surface area (Å²) in [7, 11) is 0. The molecule has 0 aliphatic rings. The summed E-state index contributed by atoms with van der Waals surface area (Å²) >= 11 is 4.70. The number of carbonyl (C=O) groups is 1. The van der Waals surface area contributed by atoms with Crippen molar-refractivity contribution in [1.29, 1.82) is 5.41 Å². The molecule has 8 heteroatoms. The highest BCUT2D eigenvalue weighted by atomic mass is 32.1. The summed E-state index contributed by atoms with van der Waals surface area (Å²) in [6.07, 6.45) is 3.44. The largest absolute Gasteiger partial charge is 0.384 e. The van der Waals surface area contributed by atoms with Gasteiger partial charge in [-0.1, -0.05) is 80.1 Å². The van der Waals surface area contributed by atoms with E-state index in [0.717, 1.165) is 63.3 Å². The average molecular weight is 605 g/mol. The number of hydrogen-bond donors (Lipinski definition) is 4. The van der Waals surface area contributed by atoms with Crippen LogP contribution in [0.1, 0.15) is 63.8 Å². The molecule has 5 rings (SSSR count). The summed E-state index contributed by atoms with van der Waals surface area (Å²) in [6.45, 7) is 4.50. The number of hydrogen-bond acceptors (Lipinski definition) is 5. The van der Waals surface area contributed by atoms with Crippen LogP contribution in [0.3, 0.4) is 0 Å². The number of nitrogens with two attached hydrogens (primary N) is 2. The van der Waals surface area contributed by atoms with E-state index in [1.54, 1.807) is 0 Å². The second kappa shape index (κ2) is 14.4. The maximum absolute atomic E-state index is 13.9. The lowest BCUT2D eigenvalue weighted by Gasteiger charge is -2.23. The number of aryl methyl sites for hydroxylation is 2. The van der Waals surface area contributed by atoms with E-state index in [1.807, 2.05) is 77.7 Å². The summed E-state index contributed by atoms with van der Waals surface area (Å²) in [5.74, 6) is 1.01. The van der Waals surface area contributed by atoms with Crippen LogP contribution in [-0.2, 0) is 32.5 Å². The molecule has 0 saturated heterocycles. The van der Waals surface area contributed by atoms with Crippen molar-refractivity contribution in [3.05, 3.63) is 130 Å². The molecular weight excluding hydrogens is 565 g/mol. The number of nitrogens with zero attached hydrogens (tertiary/aromatic N) is 3. The molecular formula is C36H40N6OS. The Morgan fingerprint density at radius 2 is 1.59 bits per heavy atom. The van der Waals surface area contributed by atoms with Gasteiger partial charge in [0.15, 0.2) is 0 Å². The van der Waals surface area contributed by atoms with Crippen LogP contribution in [0, 0.1) is 5.41 Å². The molecule has 0 aliphatic carbocycles. The zero-order chi connectivity index (χ0) is 31.1. The topological polar surface area (TPSA) is 114 Å². The third-order valence-corrected chi connectivity index (χ3v) is 8.43. The van der Waals surface area contributed by atoms with Crippen LogP contribution in [-0.4, -0.2) is 32.7 Å². The Morgan fingerprint density at radius 3 is 2.27 bits per heavy atom. The van der Waals surface area contributed by atoms with E-state index in [2.05, 4.69) is 29.7 Å². The smallest absolute Gasteiger partial charge is 0.254 e. The van der Waals surface area contributed by atoms with Gasteiger partial charge in [0.1, 0.15) is 11.7 Å². The van der Waals surface area contributed by atoms with Gasteiger partial charge in [-0.3, -0.25) is 10.2 Å². The fraction of sp³-hybridized carbons (Fsp3) is 0.250. The fourth-order valence-corrected chi connectivity index (χ4v) is 5.62. The number of nitrogen functional groups attached to an aromatic ring is 1. The molecule has 226 valence electrons. The van der Waals surface area contributed by atoms with E-state index < -0.39 is 0 Å². The molecule has 1 heterocycles. The zero-order valence-corrected chi connectivity index (χ0v) is 26.1. The Morgan fingerprint density at radius 1 is 0.909 bits per heavy atom. The third-order valence-electron chi connectivity index (χ3n) is 8.00. The van der Waals surface area contributed by atoms with Gasteiger partial charge in [-0.05, 0) is 59.4 Å². The van der Waals surface area contributed by atoms with Gasteiger partial charge in [-0.15, -0.1) is 12.6 Å². The molecule has 0 atom stereocenters. The Bertz CT molecular complexity index is 1740. The number of unbranched alkanes of at least 4 members (excludes halogenated alkanes) is 1. The second-order valence-electron chi connectivity index (χ2n) is 11.2. The van der Waals surface area contributed by atoms with E-state index in [-0.39, 0.29) is 11.7 Å². The number of imidazole rings is 1. The number of nitrogens with one attached hydrogen (secondary N) is 1. The van der Waals surface area contributed by atoms with Crippen molar-refractivity contribution in [1.82, 2.24) is 14.5 Å². The monoisotopic (exact) mass is 604 g/mol. The van der Waals surface area contributed by atoms with Gasteiger partial charge in [0.05, 0.1) is 17.6 Å². The number of carbonyl (C=O) groups excluding carboxylic acids is 1. The lowest BCUT2D eigenvalue weighted by Crippen LogP contribution is -2.31. The molecule has 0 aliphatic heterocycles. The zero-order valence-electron chi connectivity index (χ0n) is 25.2. The third kappa shape index (κ3) is 7.38. The number of amidine groups is 1. The summed E-state index contributed by atoms with van der Waals surface area (Å²) in [5.41, 5.74) is 19.0. The molecule has 1 aromatic heterocycles. The number of thiol groups is 1. The molecule has 7 nitrogen and oxygen atoms in total. The summed E-state index contributed by atoms with van der Waals surface area (Å²) in [6, 6.07) is 29.9. The van der Waals surface area contributed by atoms with Gasteiger partial charge in [0, 0.05) is 42.1 Å². The molecule has 4 aromatic carbocycles. The molecule has 0 bridgehead atoms. The molecule has 0 fully saturated rings. The molecule has 5 N–H and O–H groups in total. The van der Waals surface area contributed by atoms with Gasteiger partial charge < -0.3 is 20.9 Å². The predicted octanol–water partition coefficient (Wildman–Crippen LogP) is 6.34. The summed E-state index contributed by atoms with van der Waals surface area (Å²) in [5, 5.41) is 7.66. The van der Waals surface area contributed by atoms with E-state index in [9.17, 15) is 4.79 Å². The maximum atomic E-state index is 13.9. The summed E-state index contributed by atoms with van der Waals surface area (Å²) < 4.78 is 2.23. The van der Waals surface area contributed by atoms with Crippen molar-refractivity contribution in [3.8, 4) is 0 Å². The second-order valence-corrected chi connectivity index (χ2v) is 11.6. The Hall–Kier alpha value is -4.40. The van der Waals surface area contributed by atoms with Crippen LogP contribution in [0.4, 0.5) is 0 Å². The summed E-state index contributed by atoms with van der Waals surface area (Å²) in [4.78, 5) is 21.8. The number of fused-ring (bicyclic) bond motifs is 1. The van der Waals surface area contributed by atoms with Crippen molar-refractivity contribution >= 4 is 35.4 Å². The number of amides is 1. The first-order chi connectivity index (χ1) is 21.4. The molecule has 0 spiro atoms. The molecule has 44 heavy (non-hydrogen) atoms. The van der Waals surface area contributed by atoms with Crippen molar-refractivity contribution in [2.45, 2.75) is 57.1 Å². The molecule has 5 aromatic rings. The van der Waals surface area contributed by atoms with Crippen molar-refractivity contribution in [3.63, 3.8) is 0 Å². The fourth-order valence-electron chi connectivity index (χ4n) is 5.39. The van der Waals surface area contributed by atoms with Crippen molar-refractivity contribution < 1.29 is 4.79 Å². The first kappa shape index (κ1) is 31.0.